The summed E-state index contributed by atoms with van der Waals surface area (Å²) in [6.45, 7) is 4.55. The summed E-state index contributed by atoms with van der Waals surface area (Å²) in [5, 5.41) is 10.5. The fourth-order valence-electron chi connectivity index (χ4n) is 3.07. The Morgan fingerprint density at radius 1 is 1.38 bits per heavy atom. The number of aromatic nitrogens is 5. The molecule has 0 bridgehead atoms. The quantitative estimate of drug-likeness (QED) is 0.668. The van der Waals surface area contributed by atoms with Crippen LogP contribution in [0.4, 0.5) is 11.8 Å². The summed E-state index contributed by atoms with van der Waals surface area (Å²) in [6.07, 6.45) is 2.54. The highest BCUT2D eigenvalue weighted by molar-refractivity contribution is 5.73. The second-order valence-electron chi connectivity index (χ2n) is 6.17. The van der Waals surface area contributed by atoms with Crippen LogP contribution in [0.25, 0.3) is 11.0 Å². The summed E-state index contributed by atoms with van der Waals surface area (Å²) in [4.78, 5) is 25.9. The van der Waals surface area contributed by atoms with E-state index in [1.807, 2.05) is 25.1 Å². The Morgan fingerprint density at radius 2 is 2.29 bits per heavy atom. The number of rotatable bonds is 4. The Morgan fingerprint density at radius 3 is 3.17 bits per heavy atom. The van der Waals surface area contributed by atoms with E-state index in [1.54, 1.807) is 0 Å². The summed E-state index contributed by atoms with van der Waals surface area (Å²) in [5.41, 5.74) is 1.37. The third-order valence-corrected chi connectivity index (χ3v) is 4.35. The van der Waals surface area contributed by atoms with E-state index >= 15 is 0 Å². The van der Waals surface area contributed by atoms with Crippen LogP contribution in [0.5, 0.6) is 0 Å². The highest BCUT2D eigenvalue weighted by Gasteiger charge is 2.24. The monoisotopic (exact) mass is 325 g/mol. The van der Waals surface area contributed by atoms with E-state index in [0.717, 1.165) is 37.6 Å². The third-order valence-electron chi connectivity index (χ3n) is 4.35. The summed E-state index contributed by atoms with van der Waals surface area (Å²) < 4.78 is 0. The standard InChI is InChI=1S/C16H19N7O/c1-10-3-2-4-13(19-10)17-7-11-5-6-23(9-11)16-20-14-12(8-18-22-14)15(24)21-16/h2-4,8,11H,5-7,9H2,1H3,(H,17,19)(H2,18,20,21,22,24)/t11-/m0/s1. The maximum absolute atomic E-state index is 12.0. The predicted octanol–water partition coefficient (Wildman–Crippen LogP) is 1.29. The minimum absolute atomic E-state index is 0.158. The summed E-state index contributed by atoms with van der Waals surface area (Å²) in [5.74, 6) is 1.99. The number of nitrogens with zero attached hydrogens (tertiary/aromatic N) is 4. The molecular weight excluding hydrogens is 306 g/mol. The number of nitrogens with one attached hydrogen (secondary N) is 3. The number of aryl methyl sites for hydroxylation is 1. The fraction of sp³-hybridized carbons (Fsp3) is 0.375. The SMILES string of the molecule is Cc1cccc(NC[C@@H]2CCN(c3nc4[nH]ncc4c(=O)[nH]3)C2)n1. The normalized spacial score (nSPS) is 17.5. The first-order valence-corrected chi connectivity index (χ1v) is 8.05. The smallest absolute Gasteiger partial charge is 0.263 e. The van der Waals surface area contributed by atoms with Crippen molar-refractivity contribution in [2.24, 2.45) is 5.92 Å². The zero-order valence-corrected chi connectivity index (χ0v) is 13.4. The number of H-pyrrole nitrogens is 2. The van der Waals surface area contributed by atoms with Gasteiger partial charge in [0.25, 0.3) is 5.56 Å². The van der Waals surface area contributed by atoms with Crippen LogP contribution in [-0.2, 0) is 0 Å². The zero-order valence-electron chi connectivity index (χ0n) is 13.4. The molecule has 3 N–H and O–H groups in total. The van der Waals surface area contributed by atoms with Crippen LogP contribution in [-0.4, -0.2) is 44.8 Å². The lowest BCUT2D eigenvalue weighted by molar-refractivity contribution is 0.620. The Hall–Kier alpha value is -2.90. The molecule has 8 heteroatoms. The van der Waals surface area contributed by atoms with Gasteiger partial charge in [0.15, 0.2) is 5.65 Å². The zero-order chi connectivity index (χ0) is 16.5. The predicted molar refractivity (Wildman–Crippen MR) is 92.3 cm³/mol. The third kappa shape index (κ3) is 2.82. The molecule has 0 spiro atoms. The number of fused-ring (bicyclic) bond motifs is 1. The van der Waals surface area contributed by atoms with E-state index < -0.39 is 0 Å². The van der Waals surface area contributed by atoms with Gasteiger partial charge in [0.1, 0.15) is 11.2 Å². The molecule has 1 saturated heterocycles. The average molecular weight is 325 g/mol. The van der Waals surface area contributed by atoms with Crippen LogP contribution in [0.1, 0.15) is 12.1 Å². The summed E-state index contributed by atoms with van der Waals surface area (Å²) >= 11 is 0. The van der Waals surface area contributed by atoms with Gasteiger partial charge in [0.05, 0.1) is 6.20 Å². The molecule has 1 aliphatic heterocycles. The van der Waals surface area contributed by atoms with Gasteiger partial charge in [-0.3, -0.25) is 14.9 Å². The molecule has 0 saturated carbocycles. The maximum Gasteiger partial charge on any atom is 0.263 e. The minimum Gasteiger partial charge on any atom is -0.370 e. The van der Waals surface area contributed by atoms with Crippen molar-refractivity contribution in [1.29, 1.82) is 0 Å². The van der Waals surface area contributed by atoms with Crippen LogP contribution in [0.15, 0.2) is 29.2 Å². The molecule has 0 aromatic carbocycles. The fourth-order valence-corrected chi connectivity index (χ4v) is 3.07. The van der Waals surface area contributed by atoms with Gasteiger partial charge in [0.2, 0.25) is 5.95 Å². The summed E-state index contributed by atoms with van der Waals surface area (Å²) in [6, 6.07) is 5.96. The van der Waals surface area contributed by atoms with Crippen LogP contribution < -0.4 is 15.8 Å². The number of hydrogen-bond donors (Lipinski definition) is 3. The lowest BCUT2D eigenvalue weighted by Crippen LogP contribution is -2.26. The van der Waals surface area contributed by atoms with Gasteiger partial charge in [-0.2, -0.15) is 10.1 Å². The molecule has 124 valence electrons. The van der Waals surface area contributed by atoms with Gasteiger partial charge in [-0.25, -0.2) is 4.98 Å². The van der Waals surface area contributed by atoms with Crippen LogP contribution in [0.3, 0.4) is 0 Å². The lowest BCUT2D eigenvalue weighted by Gasteiger charge is -2.17. The topological polar surface area (TPSA) is 103 Å². The van der Waals surface area contributed by atoms with Crippen molar-refractivity contribution in [2.75, 3.05) is 29.9 Å². The van der Waals surface area contributed by atoms with E-state index in [0.29, 0.717) is 22.9 Å². The first-order chi connectivity index (χ1) is 11.7. The van der Waals surface area contributed by atoms with Crippen molar-refractivity contribution in [2.45, 2.75) is 13.3 Å². The van der Waals surface area contributed by atoms with Crippen LogP contribution in [0.2, 0.25) is 0 Å². The van der Waals surface area contributed by atoms with Gasteiger partial charge in [-0.1, -0.05) is 6.07 Å². The van der Waals surface area contributed by atoms with E-state index in [1.165, 1.54) is 6.20 Å². The molecule has 0 radical (unpaired) electrons. The number of pyridine rings is 1. The van der Waals surface area contributed by atoms with Crippen molar-refractivity contribution in [3.8, 4) is 0 Å². The maximum atomic E-state index is 12.0. The van der Waals surface area contributed by atoms with E-state index in [9.17, 15) is 4.79 Å². The molecule has 1 fully saturated rings. The highest BCUT2D eigenvalue weighted by atomic mass is 16.1. The second-order valence-corrected chi connectivity index (χ2v) is 6.17. The highest BCUT2D eigenvalue weighted by Crippen LogP contribution is 2.21. The van der Waals surface area contributed by atoms with Crippen LogP contribution in [0, 0.1) is 12.8 Å². The Bertz CT molecular complexity index is 916. The average Bonchev–Trinajstić information content (AvgIpc) is 3.22. The van der Waals surface area contributed by atoms with Crippen LogP contribution >= 0.6 is 0 Å². The Labute approximate surface area is 138 Å². The molecule has 3 aromatic rings. The van der Waals surface area contributed by atoms with Crippen molar-refractivity contribution >= 4 is 22.8 Å². The molecule has 0 amide bonds. The second kappa shape index (κ2) is 5.95. The van der Waals surface area contributed by atoms with E-state index in [-0.39, 0.29) is 5.56 Å². The summed E-state index contributed by atoms with van der Waals surface area (Å²) in [7, 11) is 0. The van der Waals surface area contributed by atoms with Gasteiger partial charge in [0, 0.05) is 25.3 Å². The first-order valence-electron chi connectivity index (χ1n) is 8.05. The molecule has 0 unspecified atom stereocenters. The molecule has 0 aliphatic carbocycles. The molecule has 24 heavy (non-hydrogen) atoms. The molecule has 3 aromatic heterocycles. The van der Waals surface area contributed by atoms with Crippen molar-refractivity contribution in [3.05, 3.63) is 40.4 Å². The molecule has 8 nitrogen and oxygen atoms in total. The van der Waals surface area contributed by atoms with Gasteiger partial charge < -0.3 is 10.2 Å². The minimum atomic E-state index is -0.158. The van der Waals surface area contributed by atoms with Crippen molar-refractivity contribution in [1.82, 2.24) is 25.1 Å². The molecule has 1 atom stereocenters. The van der Waals surface area contributed by atoms with Gasteiger partial charge in [-0.05, 0) is 31.4 Å². The van der Waals surface area contributed by atoms with Crippen molar-refractivity contribution < 1.29 is 0 Å². The molecule has 4 heterocycles. The van der Waals surface area contributed by atoms with E-state index in [4.69, 9.17) is 0 Å². The number of hydrogen-bond acceptors (Lipinski definition) is 6. The van der Waals surface area contributed by atoms with Gasteiger partial charge in [-0.15, -0.1) is 0 Å². The van der Waals surface area contributed by atoms with E-state index in [2.05, 4.69) is 35.4 Å². The largest absolute Gasteiger partial charge is 0.370 e. The Balaban J connectivity index is 1.43. The molecular formula is C16H19N7O. The lowest BCUT2D eigenvalue weighted by atomic mass is 10.1. The Kier molecular flexibility index (Phi) is 3.64. The molecule has 4 rings (SSSR count). The number of anilines is 2. The van der Waals surface area contributed by atoms with Gasteiger partial charge >= 0.3 is 0 Å². The first kappa shape index (κ1) is 14.7. The molecule has 1 aliphatic rings. The number of aromatic amines is 2. The van der Waals surface area contributed by atoms with Crippen molar-refractivity contribution in [3.63, 3.8) is 0 Å².